The smallest absolute Gasteiger partial charge is 0.349 e. The average molecular weight is 260 g/mol. The Hall–Kier alpha value is -1.19. The Morgan fingerprint density at radius 2 is 2.25 bits per heavy atom. The summed E-state index contributed by atoms with van der Waals surface area (Å²) < 4.78 is 4.73. The number of rotatable bonds is 3. The molecule has 0 atom stereocenters. The molecule has 0 spiro atoms. The number of anilines is 1. The molecule has 0 bridgehead atoms. The van der Waals surface area contributed by atoms with Crippen molar-refractivity contribution in [2.24, 2.45) is 0 Å². The maximum Gasteiger partial charge on any atom is 0.349 e. The van der Waals surface area contributed by atoms with Gasteiger partial charge in [-0.25, -0.2) is 4.79 Å². The van der Waals surface area contributed by atoms with Gasteiger partial charge >= 0.3 is 5.97 Å². The topological polar surface area (TPSA) is 52.3 Å². The second-order valence-corrected chi connectivity index (χ2v) is 3.81. The first-order valence-corrected chi connectivity index (χ1v) is 5.39. The number of nitrogens with two attached hydrogens (primary N) is 1. The van der Waals surface area contributed by atoms with E-state index in [4.69, 9.17) is 33.7 Å². The first kappa shape index (κ1) is 12.9. The van der Waals surface area contributed by atoms with Gasteiger partial charge in [0.25, 0.3) is 0 Å². The summed E-state index contributed by atoms with van der Waals surface area (Å²) in [5, 5.41) is 0.436. The second kappa shape index (κ2) is 5.77. The van der Waals surface area contributed by atoms with Crippen LogP contribution in [0.2, 0.25) is 5.02 Å². The van der Waals surface area contributed by atoms with E-state index in [0.717, 1.165) is 0 Å². The first-order chi connectivity index (χ1) is 7.54. The molecule has 2 N–H and O–H groups in total. The highest BCUT2D eigenvalue weighted by molar-refractivity contribution is 6.43. The lowest BCUT2D eigenvalue weighted by Gasteiger charge is -2.02. The quantitative estimate of drug-likeness (QED) is 0.516. The molecule has 0 aromatic heterocycles. The Labute approximate surface area is 104 Å². The number of nitrogen functional groups attached to an aromatic ring is 1. The van der Waals surface area contributed by atoms with Crippen LogP contribution in [0.25, 0.3) is 6.08 Å². The fraction of sp³-hybridized carbons (Fsp3) is 0.182. The summed E-state index contributed by atoms with van der Waals surface area (Å²) in [6.45, 7) is 1.98. The van der Waals surface area contributed by atoms with Gasteiger partial charge in [-0.1, -0.05) is 23.2 Å². The highest BCUT2D eigenvalue weighted by Gasteiger charge is 2.08. The highest BCUT2D eigenvalue weighted by atomic mass is 35.5. The summed E-state index contributed by atoms with van der Waals surface area (Å²) in [5.74, 6) is -0.581. The number of hydrogen-bond donors (Lipinski definition) is 1. The van der Waals surface area contributed by atoms with Crippen molar-refractivity contribution in [3.8, 4) is 0 Å². The molecule has 0 saturated heterocycles. The van der Waals surface area contributed by atoms with Gasteiger partial charge in [0, 0.05) is 10.7 Å². The number of halogens is 2. The number of carbonyl (C=O) groups excluding carboxylic acids is 1. The molecular formula is C11H11Cl2NO2. The first-order valence-electron chi connectivity index (χ1n) is 4.64. The zero-order chi connectivity index (χ0) is 12.1. The molecular weight excluding hydrogens is 249 g/mol. The number of carbonyl (C=O) groups is 1. The van der Waals surface area contributed by atoms with Crippen molar-refractivity contribution in [2.75, 3.05) is 12.3 Å². The van der Waals surface area contributed by atoms with Crippen LogP contribution >= 0.6 is 23.2 Å². The SMILES string of the molecule is CCOC(=O)/C(Cl)=C/c1cc(N)ccc1Cl. The van der Waals surface area contributed by atoms with Crippen molar-refractivity contribution in [1.29, 1.82) is 0 Å². The van der Waals surface area contributed by atoms with Crippen molar-refractivity contribution in [2.45, 2.75) is 6.92 Å². The van der Waals surface area contributed by atoms with Crippen LogP contribution < -0.4 is 5.73 Å². The minimum Gasteiger partial charge on any atom is -0.462 e. The number of esters is 1. The number of ether oxygens (including phenoxy) is 1. The fourth-order valence-electron chi connectivity index (χ4n) is 1.07. The third-order valence-electron chi connectivity index (χ3n) is 1.77. The molecule has 86 valence electrons. The molecule has 16 heavy (non-hydrogen) atoms. The van der Waals surface area contributed by atoms with E-state index in [1.165, 1.54) is 6.08 Å². The third-order valence-corrected chi connectivity index (χ3v) is 2.38. The minimum absolute atomic E-state index is 0.0330. The van der Waals surface area contributed by atoms with Gasteiger partial charge in [0.1, 0.15) is 5.03 Å². The van der Waals surface area contributed by atoms with Gasteiger partial charge in [-0.2, -0.15) is 0 Å². The van der Waals surface area contributed by atoms with E-state index in [1.54, 1.807) is 25.1 Å². The van der Waals surface area contributed by atoms with Crippen molar-refractivity contribution < 1.29 is 9.53 Å². The van der Waals surface area contributed by atoms with E-state index in [2.05, 4.69) is 0 Å². The van der Waals surface area contributed by atoms with Gasteiger partial charge in [0.2, 0.25) is 0 Å². The third kappa shape index (κ3) is 3.43. The number of benzene rings is 1. The van der Waals surface area contributed by atoms with Crippen molar-refractivity contribution >= 4 is 40.9 Å². The molecule has 1 aromatic rings. The number of hydrogen-bond acceptors (Lipinski definition) is 3. The molecule has 0 amide bonds. The van der Waals surface area contributed by atoms with Gasteiger partial charge in [-0.3, -0.25) is 0 Å². The fourth-order valence-corrected chi connectivity index (χ4v) is 1.41. The predicted molar refractivity (Wildman–Crippen MR) is 66.3 cm³/mol. The van der Waals surface area contributed by atoms with Gasteiger partial charge in [-0.15, -0.1) is 0 Å². The molecule has 0 aliphatic carbocycles. The summed E-state index contributed by atoms with van der Waals surface area (Å²) in [5.41, 5.74) is 6.72. The predicted octanol–water partition coefficient (Wildman–Crippen LogP) is 3.07. The lowest BCUT2D eigenvalue weighted by atomic mass is 10.2. The van der Waals surface area contributed by atoms with Crippen LogP contribution in [-0.4, -0.2) is 12.6 Å². The van der Waals surface area contributed by atoms with Crippen LogP contribution in [0.15, 0.2) is 23.2 Å². The molecule has 0 radical (unpaired) electrons. The van der Waals surface area contributed by atoms with Gasteiger partial charge in [0.15, 0.2) is 0 Å². The highest BCUT2D eigenvalue weighted by Crippen LogP contribution is 2.22. The standard InChI is InChI=1S/C11H11Cl2NO2/c1-2-16-11(15)10(13)6-7-5-8(14)3-4-9(7)12/h3-6H,2,14H2,1H3/b10-6-. The Bertz CT molecular complexity index is 430. The monoisotopic (exact) mass is 259 g/mol. The molecule has 1 rings (SSSR count). The largest absolute Gasteiger partial charge is 0.462 e. The summed E-state index contributed by atoms with van der Waals surface area (Å²) in [6, 6.07) is 4.93. The van der Waals surface area contributed by atoms with Crippen LogP contribution in [0.3, 0.4) is 0 Å². The Balaban J connectivity index is 2.97. The summed E-state index contributed by atoms with van der Waals surface area (Å²) in [6.07, 6.45) is 1.43. The molecule has 0 fully saturated rings. The maximum absolute atomic E-state index is 11.2. The molecule has 1 aromatic carbocycles. The molecule has 3 nitrogen and oxygen atoms in total. The molecule has 0 saturated carbocycles. The molecule has 0 heterocycles. The van der Waals surface area contributed by atoms with Crippen molar-refractivity contribution in [3.63, 3.8) is 0 Å². The Morgan fingerprint density at radius 3 is 2.88 bits per heavy atom. The van der Waals surface area contributed by atoms with Crippen LogP contribution in [-0.2, 0) is 9.53 Å². The van der Waals surface area contributed by atoms with Crippen molar-refractivity contribution in [1.82, 2.24) is 0 Å². The molecule has 0 aliphatic heterocycles. The molecule has 5 heteroatoms. The molecule has 0 unspecified atom stereocenters. The van der Waals surface area contributed by atoms with E-state index in [0.29, 0.717) is 16.3 Å². The Morgan fingerprint density at radius 1 is 1.56 bits per heavy atom. The van der Waals surface area contributed by atoms with E-state index in [1.807, 2.05) is 0 Å². The van der Waals surface area contributed by atoms with Gasteiger partial charge < -0.3 is 10.5 Å². The summed E-state index contributed by atoms with van der Waals surface area (Å²) in [4.78, 5) is 11.2. The van der Waals surface area contributed by atoms with Crippen LogP contribution in [0, 0.1) is 0 Å². The Kier molecular flexibility index (Phi) is 4.65. The van der Waals surface area contributed by atoms with Gasteiger partial charge in [0.05, 0.1) is 6.61 Å². The molecule has 0 aliphatic rings. The van der Waals surface area contributed by atoms with Gasteiger partial charge in [-0.05, 0) is 36.8 Å². The van der Waals surface area contributed by atoms with E-state index >= 15 is 0 Å². The normalized spacial score (nSPS) is 11.3. The second-order valence-electron chi connectivity index (χ2n) is 2.99. The summed E-state index contributed by atoms with van der Waals surface area (Å²) >= 11 is 11.7. The summed E-state index contributed by atoms with van der Waals surface area (Å²) in [7, 11) is 0. The average Bonchev–Trinajstić information content (AvgIpc) is 2.23. The zero-order valence-electron chi connectivity index (χ0n) is 8.67. The van der Waals surface area contributed by atoms with Crippen LogP contribution in [0.1, 0.15) is 12.5 Å². The lowest BCUT2D eigenvalue weighted by molar-refractivity contribution is -0.137. The lowest BCUT2D eigenvalue weighted by Crippen LogP contribution is -2.03. The van der Waals surface area contributed by atoms with E-state index in [-0.39, 0.29) is 11.6 Å². The zero-order valence-corrected chi connectivity index (χ0v) is 10.2. The van der Waals surface area contributed by atoms with E-state index < -0.39 is 5.97 Å². The van der Waals surface area contributed by atoms with E-state index in [9.17, 15) is 4.79 Å². The van der Waals surface area contributed by atoms with Crippen molar-refractivity contribution in [3.05, 3.63) is 33.8 Å². The minimum atomic E-state index is -0.581. The maximum atomic E-state index is 11.2. The van der Waals surface area contributed by atoms with Crippen LogP contribution in [0.4, 0.5) is 5.69 Å². The van der Waals surface area contributed by atoms with Crippen LogP contribution in [0.5, 0.6) is 0 Å².